The van der Waals surface area contributed by atoms with Crippen LogP contribution in [0.3, 0.4) is 0 Å². The van der Waals surface area contributed by atoms with Gasteiger partial charge in [0.25, 0.3) is 0 Å². The van der Waals surface area contributed by atoms with Crippen molar-refractivity contribution in [2.24, 2.45) is 5.92 Å². The fraction of sp³-hybridized carbons (Fsp3) is 0.667. The van der Waals surface area contributed by atoms with Crippen molar-refractivity contribution in [1.82, 2.24) is 20.4 Å². The maximum Gasteiger partial charge on any atom is 0.228 e. The summed E-state index contributed by atoms with van der Waals surface area (Å²) in [6.07, 6.45) is 5.86. The Bertz CT molecular complexity index is 936. The number of hydrogen-bond donors (Lipinski definition) is 1. The average Bonchev–Trinajstić information content (AvgIpc) is 3.64. The van der Waals surface area contributed by atoms with Crippen LogP contribution in [0.4, 0.5) is 10.3 Å². The fourth-order valence-electron chi connectivity index (χ4n) is 4.57. The number of nitrogens with one attached hydrogen (secondary N) is 1. The van der Waals surface area contributed by atoms with Gasteiger partial charge in [0.2, 0.25) is 22.1 Å². The Morgan fingerprint density at radius 3 is 2.94 bits per heavy atom. The van der Waals surface area contributed by atoms with E-state index in [4.69, 9.17) is 9.15 Å². The molecule has 10 nitrogen and oxygen atoms in total. The first-order valence-corrected chi connectivity index (χ1v) is 13.4. The van der Waals surface area contributed by atoms with Crippen LogP contribution < -0.4 is 15.1 Å². The number of amides is 2. The number of rotatable bonds is 13. The molecular weight excluding hydrogens is 468 g/mol. The van der Waals surface area contributed by atoms with E-state index in [1.54, 1.807) is 11.2 Å². The van der Waals surface area contributed by atoms with Crippen LogP contribution in [0.5, 0.6) is 0 Å². The maximum atomic E-state index is 12.9. The number of furan rings is 1. The van der Waals surface area contributed by atoms with E-state index < -0.39 is 0 Å². The van der Waals surface area contributed by atoms with Gasteiger partial charge in [-0.25, -0.2) is 0 Å². The van der Waals surface area contributed by atoms with E-state index in [1.165, 1.54) is 11.3 Å². The Kier molecular flexibility index (Phi) is 9.50. The summed E-state index contributed by atoms with van der Waals surface area (Å²) in [7, 11) is 0. The van der Waals surface area contributed by atoms with Crippen molar-refractivity contribution in [3.8, 4) is 0 Å². The largest absolute Gasteiger partial charge is 0.468 e. The van der Waals surface area contributed by atoms with Crippen molar-refractivity contribution in [3.63, 3.8) is 0 Å². The second-order valence-electron chi connectivity index (χ2n) is 9.00. The highest BCUT2D eigenvalue weighted by Gasteiger charge is 2.30. The molecule has 2 fully saturated rings. The van der Waals surface area contributed by atoms with Gasteiger partial charge in [0, 0.05) is 58.9 Å². The molecule has 1 unspecified atom stereocenters. The lowest BCUT2D eigenvalue weighted by atomic mass is 9.97. The van der Waals surface area contributed by atoms with Crippen LogP contribution in [-0.4, -0.2) is 79.4 Å². The predicted molar refractivity (Wildman–Crippen MR) is 135 cm³/mol. The van der Waals surface area contributed by atoms with Crippen molar-refractivity contribution in [1.29, 1.82) is 0 Å². The van der Waals surface area contributed by atoms with Gasteiger partial charge in [-0.2, -0.15) is 0 Å². The minimum atomic E-state index is -0.0824. The number of hydrogen-bond acceptors (Lipinski definition) is 9. The van der Waals surface area contributed by atoms with Gasteiger partial charge in [-0.15, -0.1) is 10.2 Å². The highest BCUT2D eigenvalue weighted by Crippen LogP contribution is 2.32. The van der Waals surface area contributed by atoms with Gasteiger partial charge in [-0.05, 0) is 44.7 Å². The van der Waals surface area contributed by atoms with Gasteiger partial charge in [0.15, 0.2) is 0 Å². The van der Waals surface area contributed by atoms with E-state index in [0.717, 1.165) is 69.4 Å². The topological polar surface area (TPSA) is 104 Å². The van der Waals surface area contributed by atoms with Crippen LogP contribution in [0.2, 0.25) is 0 Å². The van der Waals surface area contributed by atoms with Crippen molar-refractivity contribution in [3.05, 3.63) is 24.2 Å². The van der Waals surface area contributed by atoms with Gasteiger partial charge >= 0.3 is 0 Å². The van der Waals surface area contributed by atoms with E-state index in [9.17, 15) is 9.59 Å². The third-order valence-electron chi connectivity index (χ3n) is 6.42. The number of anilines is 2. The van der Waals surface area contributed by atoms with Gasteiger partial charge in [0.1, 0.15) is 5.76 Å². The number of piperidine rings is 1. The average molecular weight is 505 g/mol. The fourth-order valence-corrected chi connectivity index (χ4v) is 5.49. The second kappa shape index (κ2) is 13.0. The molecule has 2 amide bonds. The lowest BCUT2D eigenvalue weighted by molar-refractivity contribution is -0.125. The van der Waals surface area contributed by atoms with Gasteiger partial charge < -0.3 is 19.4 Å². The number of aromatic nitrogens is 2. The predicted octanol–water partition coefficient (Wildman–Crippen LogP) is 2.52. The lowest BCUT2D eigenvalue weighted by Gasteiger charge is -2.31. The standard InChI is InChI=1S/C24H36N6O4S/c1-2-33-15-6-11-28(18-20-8-5-16-34-20)14-10-25-22(32)19-7-3-12-29(17-19)23-26-27-24(35-23)30-13-4-9-21(30)31/h5,8,16,19H,2-4,6-7,9-15,17-18H2,1H3,(H,25,32). The molecule has 4 heterocycles. The van der Waals surface area contributed by atoms with Crippen LogP contribution in [-0.2, 0) is 20.9 Å². The zero-order valence-corrected chi connectivity index (χ0v) is 21.3. The molecule has 0 radical (unpaired) electrons. The summed E-state index contributed by atoms with van der Waals surface area (Å²) in [5.74, 6) is 1.03. The minimum Gasteiger partial charge on any atom is -0.468 e. The van der Waals surface area contributed by atoms with E-state index >= 15 is 0 Å². The Labute approximate surface area is 210 Å². The first-order chi connectivity index (χ1) is 17.1. The molecule has 2 saturated heterocycles. The Balaban J connectivity index is 1.24. The number of ether oxygens (including phenoxy) is 1. The van der Waals surface area contributed by atoms with Crippen LogP contribution in [0, 0.1) is 5.92 Å². The van der Waals surface area contributed by atoms with Crippen molar-refractivity contribution < 1.29 is 18.7 Å². The summed E-state index contributed by atoms with van der Waals surface area (Å²) in [4.78, 5) is 31.1. The third kappa shape index (κ3) is 7.25. The van der Waals surface area contributed by atoms with Gasteiger partial charge in [-0.1, -0.05) is 11.3 Å². The first-order valence-electron chi connectivity index (χ1n) is 12.6. The van der Waals surface area contributed by atoms with E-state index in [-0.39, 0.29) is 17.7 Å². The van der Waals surface area contributed by atoms with Gasteiger partial charge in [-0.3, -0.25) is 19.4 Å². The van der Waals surface area contributed by atoms with Crippen LogP contribution in [0.1, 0.15) is 44.8 Å². The third-order valence-corrected chi connectivity index (χ3v) is 7.43. The maximum absolute atomic E-state index is 12.9. The molecule has 4 rings (SSSR count). The molecule has 2 aromatic heterocycles. The van der Waals surface area contributed by atoms with Crippen molar-refractivity contribution in [2.45, 2.75) is 45.6 Å². The van der Waals surface area contributed by atoms with E-state index in [1.807, 2.05) is 19.1 Å². The summed E-state index contributed by atoms with van der Waals surface area (Å²) < 4.78 is 11.0. The first kappa shape index (κ1) is 25.6. The number of carbonyl (C=O) groups excluding carboxylic acids is 2. The molecule has 0 saturated carbocycles. The van der Waals surface area contributed by atoms with E-state index in [2.05, 4.69) is 25.3 Å². The second-order valence-corrected chi connectivity index (χ2v) is 9.93. The van der Waals surface area contributed by atoms with Crippen molar-refractivity contribution >= 4 is 33.4 Å². The van der Waals surface area contributed by atoms with E-state index in [0.29, 0.717) is 37.7 Å². The number of carbonyl (C=O) groups is 2. The molecule has 0 aliphatic carbocycles. The summed E-state index contributed by atoms with van der Waals surface area (Å²) in [5, 5.41) is 13.1. The minimum absolute atomic E-state index is 0.0824. The normalized spacial score (nSPS) is 18.6. The molecule has 2 aromatic rings. The molecule has 35 heavy (non-hydrogen) atoms. The molecule has 1 atom stereocenters. The summed E-state index contributed by atoms with van der Waals surface area (Å²) in [6.45, 7) is 8.57. The SMILES string of the molecule is CCOCCCN(CCNC(=O)C1CCCN(c2nnc(N3CCCC3=O)s2)C1)Cc1ccco1. The van der Waals surface area contributed by atoms with Crippen molar-refractivity contribution in [2.75, 3.05) is 62.3 Å². The molecular formula is C24H36N6O4S. The Morgan fingerprint density at radius 1 is 1.29 bits per heavy atom. The van der Waals surface area contributed by atoms with Gasteiger partial charge in [0.05, 0.1) is 18.7 Å². The molecule has 2 aliphatic rings. The summed E-state index contributed by atoms with van der Waals surface area (Å²) in [6, 6.07) is 3.87. The summed E-state index contributed by atoms with van der Waals surface area (Å²) in [5.41, 5.74) is 0. The smallest absolute Gasteiger partial charge is 0.228 e. The Hall–Kier alpha value is -2.50. The highest BCUT2D eigenvalue weighted by atomic mass is 32.1. The molecule has 192 valence electrons. The lowest BCUT2D eigenvalue weighted by Crippen LogP contribution is -2.44. The Morgan fingerprint density at radius 2 is 2.17 bits per heavy atom. The molecule has 2 aliphatic heterocycles. The summed E-state index contributed by atoms with van der Waals surface area (Å²) >= 11 is 1.44. The number of nitrogens with zero attached hydrogens (tertiary/aromatic N) is 5. The molecule has 1 N–H and O–H groups in total. The van der Waals surface area contributed by atoms with Crippen LogP contribution in [0.15, 0.2) is 22.8 Å². The quantitative estimate of drug-likeness (QED) is 0.415. The monoisotopic (exact) mass is 504 g/mol. The van der Waals surface area contributed by atoms with Crippen LogP contribution >= 0.6 is 11.3 Å². The molecule has 0 spiro atoms. The molecule has 0 aromatic carbocycles. The molecule has 0 bridgehead atoms. The van der Waals surface area contributed by atoms with Crippen LogP contribution in [0.25, 0.3) is 0 Å². The highest BCUT2D eigenvalue weighted by molar-refractivity contribution is 7.19. The zero-order valence-electron chi connectivity index (χ0n) is 20.5. The zero-order chi connectivity index (χ0) is 24.5. The molecule has 11 heteroatoms.